The Kier molecular flexibility index (Phi) is 4.46. The highest BCUT2D eigenvalue weighted by Crippen LogP contribution is 2.24. The molecule has 1 saturated carbocycles. The van der Waals surface area contributed by atoms with Crippen LogP contribution in [0.1, 0.15) is 51.1 Å². The second-order valence-corrected chi connectivity index (χ2v) is 6.59. The van der Waals surface area contributed by atoms with Gasteiger partial charge in [-0.3, -0.25) is 4.79 Å². The molecule has 0 radical (unpaired) electrons. The summed E-state index contributed by atoms with van der Waals surface area (Å²) in [7, 11) is 0. The summed E-state index contributed by atoms with van der Waals surface area (Å²) in [5.41, 5.74) is 3.44. The Balaban J connectivity index is 1.58. The van der Waals surface area contributed by atoms with Crippen molar-refractivity contribution >= 4 is 16.9 Å². The first-order chi connectivity index (χ1) is 10.6. The smallest absolute Gasteiger partial charge is 0.223 e. The first-order valence-corrected chi connectivity index (χ1v) is 8.38. The molecule has 1 aliphatic rings. The zero-order valence-electron chi connectivity index (χ0n) is 13.5. The van der Waals surface area contributed by atoms with E-state index >= 15 is 0 Å². The number of fused-ring (bicyclic) bond motifs is 1. The van der Waals surface area contributed by atoms with Gasteiger partial charge in [-0.15, -0.1) is 0 Å². The van der Waals surface area contributed by atoms with Crippen molar-refractivity contribution in [3.63, 3.8) is 0 Å². The SMILES string of the molecule is CC(C)n1cnc2cc(CCNC(=O)C3CCCC3)ccc21. The molecule has 0 aliphatic heterocycles. The molecule has 22 heavy (non-hydrogen) atoms. The number of nitrogens with zero attached hydrogens (tertiary/aromatic N) is 2. The maximum atomic E-state index is 12.0. The van der Waals surface area contributed by atoms with Crippen LogP contribution >= 0.6 is 0 Å². The molecular weight excluding hydrogens is 274 g/mol. The molecule has 4 nitrogen and oxygen atoms in total. The predicted octanol–water partition coefficient (Wildman–Crippen LogP) is 3.47. The monoisotopic (exact) mass is 299 g/mol. The molecule has 1 heterocycles. The van der Waals surface area contributed by atoms with Crippen LogP contribution in [-0.4, -0.2) is 22.0 Å². The third kappa shape index (κ3) is 3.16. The number of carbonyl (C=O) groups excluding carboxylic acids is 1. The Bertz CT molecular complexity index is 653. The highest BCUT2D eigenvalue weighted by Gasteiger charge is 2.21. The normalized spacial score (nSPS) is 15.8. The average Bonchev–Trinajstić information content (AvgIpc) is 3.16. The van der Waals surface area contributed by atoms with Crippen LogP contribution in [0.3, 0.4) is 0 Å². The van der Waals surface area contributed by atoms with Crippen molar-refractivity contribution in [2.75, 3.05) is 6.54 Å². The van der Waals surface area contributed by atoms with E-state index in [1.165, 1.54) is 23.9 Å². The number of aromatic nitrogens is 2. The van der Waals surface area contributed by atoms with Gasteiger partial charge in [-0.05, 0) is 50.8 Å². The number of benzene rings is 1. The quantitative estimate of drug-likeness (QED) is 0.919. The third-order valence-electron chi connectivity index (χ3n) is 4.63. The van der Waals surface area contributed by atoms with Crippen molar-refractivity contribution in [3.05, 3.63) is 30.1 Å². The minimum Gasteiger partial charge on any atom is -0.356 e. The van der Waals surface area contributed by atoms with Gasteiger partial charge in [-0.1, -0.05) is 18.9 Å². The fourth-order valence-electron chi connectivity index (χ4n) is 3.31. The van der Waals surface area contributed by atoms with Crippen molar-refractivity contribution in [1.29, 1.82) is 0 Å². The highest BCUT2D eigenvalue weighted by atomic mass is 16.1. The largest absolute Gasteiger partial charge is 0.356 e. The summed E-state index contributed by atoms with van der Waals surface area (Å²) in [6, 6.07) is 6.83. The lowest BCUT2D eigenvalue weighted by Crippen LogP contribution is -2.30. The molecule has 0 saturated heterocycles. The molecule has 0 unspecified atom stereocenters. The van der Waals surface area contributed by atoms with Gasteiger partial charge < -0.3 is 9.88 Å². The lowest BCUT2D eigenvalue weighted by atomic mass is 10.1. The van der Waals surface area contributed by atoms with Gasteiger partial charge in [0.05, 0.1) is 17.4 Å². The van der Waals surface area contributed by atoms with Gasteiger partial charge in [-0.2, -0.15) is 0 Å². The van der Waals surface area contributed by atoms with Crippen LogP contribution in [-0.2, 0) is 11.2 Å². The maximum absolute atomic E-state index is 12.0. The van der Waals surface area contributed by atoms with Crippen molar-refractivity contribution < 1.29 is 4.79 Å². The van der Waals surface area contributed by atoms with Gasteiger partial charge >= 0.3 is 0 Å². The van der Waals surface area contributed by atoms with E-state index in [0.717, 1.165) is 24.8 Å². The van der Waals surface area contributed by atoms with Crippen LogP contribution < -0.4 is 5.32 Å². The Labute approximate surface area is 131 Å². The second kappa shape index (κ2) is 6.51. The molecule has 1 aliphatic carbocycles. The Morgan fingerprint density at radius 3 is 2.86 bits per heavy atom. The van der Waals surface area contributed by atoms with E-state index in [2.05, 4.69) is 46.9 Å². The molecule has 1 aromatic carbocycles. The fraction of sp³-hybridized carbons (Fsp3) is 0.556. The number of imidazole rings is 1. The first kappa shape index (κ1) is 15.1. The lowest BCUT2D eigenvalue weighted by molar-refractivity contribution is -0.124. The summed E-state index contributed by atoms with van der Waals surface area (Å²) in [5.74, 6) is 0.492. The average molecular weight is 299 g/mol. The molecule has 4 heteroatoms. The lowest BCUT2D eigenvalue weighted by Gasteiger charge is -2.11. The standard InChI is InChI=1S/C18H25N3O/c1-13(2)21-12-20-16-11-14(7-8-17(16)21)9-10-19-18(22)15-5-3-4-6-15/h7-8,11-13,15H,3-6,9-10H2,1-2H3,(H,19,22). The number of hydrogen-bond donors (Lipinski definition) is 1. The van der Waals surface area contributed by atoms with Gasteiger partial charge in [-0.25, -0.2) is 4.98 Å². The molecule has 0 spiro atoms. The maximum Gasteiger partial charge on any atom is 0.223 e. The van der Waals surface area contributed by atoms with E-state index in [0.29, 0.717) is 12.6 Å². The fourth-order valence-corrected chi connectivity index (χ4v) is 3.31. The third-order valence-corrected chi connectivity index (χ3v) is 4.63. The number of hydrogen-bond acceptors (Lipinski definition) is 2. The summed E-state index contributed by atoms with van der Waals surface area (Å²) in [6.07, 6.45) is 7.29. The van der Waals surface area contributed by atoms with Crippen molar-refractivity contribution in [2.45, 2.75) is 52.0 Å². The summed E-state index contributed by atoms with van der Waals surface area (Å²) < 4.78 is 2.18. The zero-order chi connectivity index (χ0) is 15.5. The first-order valence-electron chi connectivity index (χ1n) is 8.38. The van der Waals surface area contributed by atoms with Gasteiger partial charge in [0.15, 0.2) is 0 Å². The van der Waals surface area contributed by atoms with Crippen molar-refractivity contribution in [3.8, 4) is 0 Å². The van der Waals surface area contributed by atoms with E-state index in [9.17, 15) is 4.79 Å². The highest BCUT2D eigenvalue weighted by molar-refractivity contribution is 5.79. The van der Waals surface area contributed by atoms with Gasteiger partial charge in [0.1, 0.15) is 0 Å². The van der Waals surface area contributed by atoms with Crippen LogP contribution in [0.15, 0.2) is 24.5 Å². The molecule has 1 fully saturated rings. The number of rotatable bonds is 5. The summed E-state index contributed by atoms with van der Waals surface area (Å²) >= 11 is 0. The minimum absolute atomic E-state index is 0.239. The number of carbonyl (C=O) groups is 1. The van der Waals surface area contributed by atoms with E-state index in [4.69, 9.17) is 0 Å². The topological polar surface area (TPSA) is 46.9 Å². The minimum atomic E-state index is 0.239. The van der Waals surface area contributed by atoms with Gasteiger partial charge in [0.25, 0.3) is 0 Å². The predicted molar refractivity (Wildman–Crippen MR) is 88.8 cm³/mol. The van der Waals surface area contributed by atoms with E-state index in [1.807, 2.05) is 6.33 Å². The molecule has 0 atom stereocenters. The van der Waals surface area contributed by atoms with Crippen LogP contribution in [0.25, 0.3) is 11.0 Å². The van der Waals surface area contributed by atoms with Gasteiger partial charge in [0, 0.05) is 18.5 Å². The summed E-state index contributed by atoms with van der Waals surface area (Å²) in [5, 5.41) is 3.08. The van der Waals surface area contributed by atoms with Crippen LogP contribution in [0, 0.1) is 5.92 Å². The molecule has 2 aromatic rings. The van der Waals surface area contributed by atoms with E-state index in [-0.39, 0.29) is 11.8 Å². The van der Waals surface area contributed by atoms with E-state index in [1.54, 1.807) is 0 Å². The summed E-state index contributed by atoms with van der Waals surface area (Å²) in [6.45, 7) is 5.03. The van der Waals surface area contributed by atoms with Crippen LogP contribution in [0.4, 0.5) is 0 Å². The van der Waals surface area contributed by atoms with Crippen molar-refractivity contribution in [2.24, 2.45) is 5.92 Å². The summed E-state index contributed by atoms with van der Waals surface area (Å²) in [4.78, 5) is 16.5. The van der Waals surface area contributed by atoms with Crippen molar-refractivity contribution in [1.82, 2.24) is 14.9 Å². The van der Waals surface area contributed by atoms with Gasteiger partial charge in [0.2, 0.25) is 5.91 Å². The van der Waals surface area contributed by atoms with E-state index < -0.39 is 0 Å². The van der Waals surface area contributed by atoms with Crippen LogP contribution in [0.5, 0.6) is 0 Å². The molecule has 3 rings (SSSR count). The number of nitrogens with one attached hydrogen (secondary N) is 1. The molecule has 0 bridgehead atoms. The van der Waals surface area contributed by atoms with Crippen LogP contribution in [0.2, 0.25) is 0 Å². The zero-order valence-corrected chi connectivity index (χ0v) is 13.5. The Hall–Kier alpha value is -1.84. The Morgan fingerprint density at radius 1 is 1.36 bits per heavy atom. The second-order valence-electron chi connectivity index (χ2n) is 6.59. The molecular formula is C18H25N3O. The molecule has 118 valence electrons. The molecule has 1 amide bonds. The Morgan fingerprint density at radius 2 is 2.14 bits per heavy atom. The molecule has 1 aromatic heterocycles. The number of amides is 1. The molecule has 1 N–H and O–H groups in total.